The molecular formula is C19H12O6S2. The summed E-state index contributed by atoms with van der Waals surface area (Å²) in [5.74, 6) is -1.26. The molecule has 0 fully saturated rings. The second-order valence-electron chi connectivity index (χ2n) is 6.03. The van der Waals surface area contributed by atoms with Crippen LogP contribution in [0.3, 0.4) is 0 Å². The summed E-state index contributed by atoms with van der Waals surface area (Å²) in [7, 11) is -7.88. The minimum Gasteiger partial charge on any atom is -0.288 e. The molecule has 6 nitrogen and oxygen atoms in total. The third-order valence-corrected chi connectivity index (χ3v) is 8.21. The second-order valence-corrected chi connectivity index (χ2v) is 9.80. The van der Waals surface area contributed by atoms with Gasteiger partial charge in [0.05, 0.1) is 9.79 Å². The van der Waals surface area contributed by atoms with E-state index in [1.807, 2.05) is 0 Å². The molecule has 0 saturated heterocycles. The van der Waals surface area contributed by atoms with Gasteiger partial charge in [-0.3, -0.25) is 9.59 Å². The minimum absolute atomic E-state index is 0.0640. The summed E-state index contributed by atoms with van der Waals surface area (Å²) in [4.78, 5) is 23.8. The van der Waals surface area contributed by atoms with E-state index in [2.05, 4.69) is 0 Å². The number of Topliss-reactive ketones (excluding diaryl/α,β-unsaturated/α-hetero) is 2. The fourth-order valence-corrected chi connectivity index (χ4v) is 6.43. The molecule has 27 heavy (non-hydrogen) atoms. The lowest BCUT2D eigenvalue weighted by Crippen LogP contribution is -2.04. The summed E-state index contributed by atoms with van der Waals surface area (Å²) in [6.45, 7) is 0. The summed E-state index contributed by atoms with van der Waals surface area (Å²) in [6.07, 6.45) is 2.12. The van der Waals surface area contributed by atoms with Gasteiger partial charge in [0, 0.05) is 11.1 Å². The first kappa shape index (κ1) is 17.6. The Balaban J connectivity index is 1.72. The number of benzene rings is 2. The molecule has 2 heterocycles. The maximum Gasteiger partial charge on any atom is 0.210 e. The molecule has 0 atom stereocenters. The smallest absolute Gasteiger partial charge is 0.210 e. The average Bonchev–Trinajstić information content (AvgIpc) is 2.96. The van der Waals surface area contributed by atoms with Crippen molar-refractivity contribution in [1.82, 2.24) is 0 Å². The van der Waals surface area contributed by atoms with Crippen LogP contribution in [-0.2, 0) is 19.7 Å². The molecule has 8 heteroatoms. The first-order valence-corrected chi connectivity index (χ1v) is 10.9. The van der Waals surface area contributed by atoms with E-state index in [1.54, 1.807) is 12.1 Å². The Morgan fingerprint density at radius 3 is 1.37 bits per heavy atom. The normalized spacial score (nSPS) is 22.2. The molecule has 0 aromatic heterocycles. The van der Waals surface area contributed by atoms with E-state index < -0.39 is 41.1 Å². The van der Waals surface area contributed by atoms with Crippen LogP contribution < -0.4 is 0 Å². The lowest BCUT2D eigenvalue weighted by Gasteiger charge is -1.97. The van der Waals surface area contributed by atoms with Gasteiger partial charge in [0.1, 0.15) is 9.81 Å². The Labute approximate surface area is 155 Å². The molecule has 0 saturated carbocycles. The highest BCUT2D eigenvalue weighted by Gasteiger charge is 2.40. The Kier molecular flexibility index (Phi) is 3.79. The number of ketones is 2. The summed E-state index contributed by atoms with van der Waals surface area (Å²) < 4.78 is 50.0. The van der Waals surface area contributed by atoms with Crippen LogP contribution in [-0.4, -0.2) is 28.4 Å². The van der Waals surface area contributed by atoms with Gasteiger partial charge in [0.25, 0.3) is 0 Å². The van der Waals surface area contributed by atoms with Crippen molar-refractivity contribution < 1.29 is 26.4 Å². The molecule has 0 bridgehead atoms. The van der Waals surface area contributed by atoms with Crippen LogP contribution in [0.5, 0.6) is 0 Å². The molecule has 2 aromatic carbocycles. The molecular weight excluding hydrogens is 388 g/mol. The van der Waals surface area contributed by atoms with Crippen LogP contribution in [0.2, 0.25) is 0 Å². The zero-order chi connectivity index (χ0) is 19.4. The number of carbonyl (C=O) groups excluding carboxylic acids is 2. The van der Waals surface area contributed by atoms with E-state index in [1.165, 1.54) is 36.4 Å². The van der Waals surface area contributed by atoms with Crippen LogP contribution in [0.4, 0.5) is 0 Å². The van der Waals surface area contributed by atoms with Crippen molar-refractivity contribution in [3.05, 3.63) is 81.6 Å². The fourth-order valence-electron chi connectivity index (χ4n) is 3.20. The summed E-state index contributed by atoms with van der Waals surface area (Å²) in [6, 6.07) is 11.7. The molecule has 2 aromatic rings. The predicted molar refractivity (Wildman–Crippen MR) is 96.7 cm³/mol. The molecule has 0 N–H and O–H groups in total. The van der Waals surface area contributed by atoms with Gasteiger partial charge in [-0.2, -0.15) is 0 Å². The molecule has 4 rings (SSSR count). The van der Waals surface area contributed by atoms with Crippen molar-refractivity contribution in [2.24, 2.45) is 0 Å². The van der Waals surface area contributed by atoms with Crippen LogP contribution in [0, 0.1) is 0 Å². The quantitative estimate of drug-likeness (QED) is 0.718. The van der Waals surface area contributed by atoms with Crippen molar-refractivity contribution >= 4 is 31.2 Å². The molecule has 0 aliphatic carbocycles. The number of sulfone groups is 2. The van der Waals surface area contributed by atoms with Gasteiger partial charge in [-0.25, -0.2) is 16.8 Å². The Morgan fingerprint density at radius 2 is 1.00 bits per heavy atom. The zero-order valence-electron chi connectivity index (χ0n) is 13.7. The molecule has 0 spiro atoms. The number of carbonyl (C=O) groups is 2. The topological polar surface area (TPSA) is 102 Å². The lowest BCUT2D eigenvalue weighted by molar-refractivity contribution is 0.103. The largest absolute Gasteiger partial charge is 0.288 e. The maximum atomic E-state index is 12.5. The third kappa shape index (κ3) is 2.44. The predicted octanol–water partition coefficient (Wildman–Crippen LogP) is 2.48. The molecule has 2 aliphatic heterocycles. The highest BCUT2D eigenvalue weighted by Crippen LogP contribution is 2.36. The zero-order valence-corrected chi connectivity index (χ0v) is 15.4. The van der Waals surface area contributed by atoms with Crippen LogP contribution in [0.1, 0.15) is 27.1 Å². The summed E-state index contributed by atoms with van der Waals surface area (Å²) in [5, 5.41) is 0. The van der Waals surface area contributed by atoms with E-state index in [4.69, 9.17) is 0 Å². The van der Waals surface area contributed by atoms with E-state index in [0.29, 0.717) is 0 Å². The van der Waals surface area contributed by atoms with Crippen LogP contribution >= 0.6 is 0 Å². The molecule has 2 aliphatic rings. The number of rotatable bonds is 2. The van der Waals surface area contributed by atoms with Gasteiger partial charge < -0.3 is 0 Å². The van der Waals surface area contributed by atoms with Gasteiger partial charge in [-0.1, -0.05) is 36.4 Å². The standard InChI is InChI=1S/C19H12O6S2/c20-18-12-6-1-3-8-14(12)26(22,23)16(18)10-5-11-17-19(21)13-7-2-4-9-15(13)27(17,24)25/h1-4,6-11H,5H2. The minimum atomic E-state index is -3.94. The summed E-state index contributed by atoms with van der Waals surface area (Å²) >= 11 is 0. The third-order valence-electron chi connectivity index (χ3n) is 4.48. The highest BCUT2D eigenvalue weighted by atomic mass is 32.2. The van der Waals surface area contributed by atoms with Gasteiger partial charge in [-0.05, 0) is 30.7 Å². The number of allylic oxidation sites excluding steroid dienone is 4. The Morgan fingerprint density at radius 1 is 0.630 bits per heavy atom. The highest BCUT2D eigenvalue weighted by molar-refractivity contribution is 7.97. The molecule has 0 radical (unpaired) electrons. The van der Waals surface area contributed by atoms with E-state index in [-0.39, 0.29) is 27.3 Å². The summed E-state index contributed by atoms with van der Waals surface area (Å²) in [5.41, 5.74) is 0.182. The average molecular weight is 400 g/mol. The monoisotopic (exact) mass is 400 g/mol. The Hall–Kier alpha value is -2.84. The van der Waals surface area contributed by atoms with Crippen LogP contribution in [0.25, 0.3) is 0 Å². The number of fused-ring (bicyclic) bond motifs is 2. The van der Waals surface area contributed by atoms with Crippen molar-refractivity contribution in [3.63, 3.8) is 0 Å². The lowest BCUT2D eigenvalue weighted by atomic mass is 10.1. The first-order chi connectivity index (χ1) is 12.8. The second kappa shape index (κ2) is 5.83. The van der Waals surface area contributed by atoms with Gasteiger partial charge in [-0.15, -0.1) is 0 Å². The fraction of sp³-hybridized carbons (Fsp3) is 0.0526. The SMILES string of the molecule is O=C1C(=CCC=C2C(=O)c3ccccc3S2(=O)=O)S(=O)(=O)c2ccccc21. The van der Waals surface area contributed by atoms with E-state index in [0.717, 1.165) is 12.2 Å². The maximum absolute atomic E-state index is 12.5. The van der Waals surface area contributed by atoms with Crippen molar-refractivity contribution in [2.75, 3.05) is 0 Å². The number of hydrogen-bond donors (Lipinski definition) is 0. The van der Waals surface area contributed by atoms with Crippen molar-refractivity contribution in [2.45, 2.75) is 16.2 Å². The molecule has 0 amide bonds. The van der Waals surface area contributed by atoms with Gasteiger partial charge in [0.15, 0.2) is 0 Å². The van der Waals surface area contributed by atoms with Crippen LogP contribution in [0.15, 0.2) is 80.3 Å². The van der Waals surface area contributed by atoms with E-state index >= 15 is 0 Å². The van der Waals surface area contributed by atoms with Gasteiger partial charge >= 0.3 is 0 Å². The van der Waals surface area contributed by atoms with Crippen molar-refractivity contribution in [3.8, 4) is 0 Å². The van der Waals surface area contributed by atoms with Gasteiger partial charge in [0.2, 0.25) is 31.2 Å². The first-order valence-electron chi connectivity index (χ1n) is 7.94. The Bertz CT molecular complexity index is 1190. The molecule has 0 unspecified atom stereocenters. The van der Waals surface area contributed by atoms with Crippen molar-refractivity contribution in [1.29, 1.82) is 0 Å². The van der Waals surface area contributed by atoms with E-state index in [9.17, 15) is 26.4 Å². The molecule has 136 valence electrons. The number of hydrogen-bond acceptors (Lipinski definition) is 6.